The number of aliphatic imine (C=N–C) groups is 1. The molecule has 1 aliphatic rings. The fourth-order valence-electron chi connectivity index (χ4n) is 1.91. The van der Waals surface area contributed by atoms with Gasteiger partial charge in [0.15, 0.2) is 5.70 Å². The van der Waals surface area contributed by atoms with Gasteiger partial charge < -0.3 is 4.74 Å². The van der Waals surface area contributed by atoms with Crippen LogP contribution in [0.2, 0.25) is 5.02 Å². The minimum absolute atomic E-state index is 0.253. The van der Waals surface area contributed by atoms with Gasteiger partial charge in [-0.1, -0.05) is 35.9 Å². The van der Waals surface area contributed by atoms with Crippen LogP contribution in [0.3, 0.4) is 0 Å². The van der Waals surface area contributed by atoms with Gasteiger partial charge in [0.2, 0.25) is 5.90 Å². The molecule has 3 nitrogen and oxygen atoms in total. The molecule has 104 valence electrons. The number of cyclic esters (lactones) is 1. The molecule has 0 atom stereocenters. The molecule has 0 unspecified atom stereocenters. The Kier molecular flexibility index (Phi) is 3.90. The third kappa shape index (κ3) is 3.06. The maximum Gasteiger partial charge on any atom is 0.363 e. The highest BCUT2D eigenvalue weighted by atomic mass is 79.9. The predicted octanol–water partition coefficient (Wildman–Crippen LogP) is 4.45. The number of benzene rings is 2. The van der Waals surface area contributed by atoms with E-state index in [4.69, 9.17) is 16.3 Å². The van der Waals surface area contributed by atoms with Crippen molar-refractivity contribution < 1.29 is 9.53 Å². The van der Waals surface area contributed by atoms with Gasteiger partial charge in [0.1, 0.15) is 0 Å². The first-order chi connectivity index (χ1) is 10.1. The van der Waals surface area contributed by atoms with Gasteiger partial charge in [-0.3, -0.25) is 0 Å². The highest BCUT2D eigenvalue weighted by Crippen LogP contribution is 2.24. The van der Waals surface area contributed by atoms with Gasteiger partial charge in [-0.25, -0.2) is 9.79 Å². The number of rotatable bonds is 2. The summed E-state index contributed by atoms with van der Waals surface area (Å²) in [5.41, 5.74) is 1.79. The Bertz CT molecular complexity index is 783. The average Bonchev–Trinajstić information content (AvgIpc) is 2.80. The van der Waals surface area contributed by atoms with E-state index in [9.17, 15) is 4.79 Å². The number of nitrogens with zero attached hydrogens (tertiary/aromatic N) is 1. The Hall–Kier alpha value is -1.91. The zero-order valence-electron chi connectivity index (χ0n) is 10.7. The number of hydrogen-bond donors (Lipinski definition) is 0. The fourth-order valence-corrected chi connectivity index (χ4v) is 2.57. The Morgan fingerprint density at radius 2 is 1.95 bits per heavy atom. The van der Waals surface area contributed by atoms with E-state index in [1.54, 1.807) is 18.2 Å². The predicted molar refractivity (Wildman–Crippen MR) is 86.2 cm³/mol. The molecule has 3 rings (SSSR count). The van der Waals surface area contributed by atoms with E-state index in [0.717, 1.165) is 15.6 Å². The van der Waals surface area contributed by atoms with Crippen molar-refractivity contribution in [3.8, 4) is 0 Å². The van der Waals surface area contributed by atoms with Crippen LogP contribution in [0.15, 0.2) is 63.7 Å². The molecular weight excluding hydrogens is 354 g/mol. The van der Waals surface area contributed by atoms with Crippen LogP contribution < -0.4 is 0 Å². The molecule has 0 spiro atoms. The summed E-state index contributed by atoms with van der Waals surface area (Å²) in [6.45, 7) is 0. The summed E-state index contributed by atoms with van der Waals surface area (Å²) in [4.78, 5) is 16.2. The topological polar surface area (TPSA) is 38.7 Å². The molecule has 0 aromatic heterocycles. The van der Waals surface area contributed by atoms with E-state index >= 15 is 0 Å². The van der Waals surface area contributed by atoms with Crippen LogP contribution in [-0.4, -0.2) is 11.9 Å². The molecule has 1 aliphatic heterocycles. The van der Waals surface area contributed by atoms with Crippen LogP contribution in [0.1, 0.15) is 11.1 Å². The van der Waals surface area contributed by atoms with Gasteiger partial charge in [0, 0.05) is 9.50 Å². The van der Waals surface area contributed by atoms with Gasteiger partial charge in [-0.15, -0.1) is 0 Å². The van der Waals surface area contributed by atoms with Crippen LogP contribution in [0.5, 0.6) is 0 Å². The first-order valence-corrected chi connectivity index (χ1v) is 7.33. The second kappa shape index (κ2) is 5.84. The molecule has 0 amide bonds. The largest absolute Gasteiger partial charge is 0.402 e. The number of esters is 1. The molecule has 0 fully saturated rings. The minimum Gasteiger partial charge on any atom is -0.402 e. The maximum absolute atomic E-state index is 11.9. The van der Waals surface area contributed by atoms with Crippen LogP contribution in [0.4, 0.5) is 0 Å². The Balaban J connectivity index is 1.98. The van der Waals surface area contributed by atoms with Gasteiger partial charge in [0.05, 0.1) is 5.56 Å². The lowest BCUT2D eigenvalue weighted by molar-refractivity contribution is -0.129. The van der Waals surface area contributed by atoms with E-state index in [0.29, 0.717) is 10.9 Å². The standard InChI is InChI=1S/C16H9BrClNO2/c17-13-7-2-1-6-12(13)15-19-14(16(20)21-15)9-10-4-3-5-11(18)8-10/h1-9H. The molecular formula is C16H9BrClNO2. The van der Waals surface area contributed by atoms with E-state index in [-0.39, 0.29) is 5.70 Å². The molecule has 1 heterocycles. The van der Waals surface area contributed by atoms with Crippen molar-refractivity contribution in [1.82, 2.24) is 0 Å². The highest BCUT2D eigenvalue weighted by Gasteiger charge is 2.25. The highest BCUT2D eigenvalue weighted by molar-refractivity contribution is 9.10. The number of hydrogen-bond acceptors (Lipinski definition) is 3. The van der Waals surface area contributed by atoms with Gasteiger partial charge in [-0.2, -0.15) is 0 Å². The zero-order chi connectivity index (χ0) is 14.8. The Morgan fingerprint density at radius 1 is 1.14 bits per heavy atom. The van der Waals surface area contributed by atoms with Crippen LogP contribution in [-0.2, 0) is 9.53 Å². The smallest absolute Gasteiger partial charge is 0.363 e. The van der Waals surface area contributed by atoms with Crippen LogP contribution in [0.25, 0.3) is 6.08 Å². The quantitative estimate of drug-likeness (QED) is 0.585. The van der Waals surface area contributed by atoms with Crippen molar-refractivity contribution in [3.63, 3.8) is 0 Å². The molecule has 0 radical (unpaired) electrons. The van der Waals surface area contributed by atoms with Crippen LogP contribution >= 0.6 is 27.5 Å². The first-order valence-electron chi connectivity index (χ1n) is 6.16. The van der Waals surface area contributed by atoms with E-state index in [1.807, 2.05) is 36.4 Å². The lowest BCUT2D eigenvalue weighted by Crippen LogP contribution is -2.05. The zero-order valence-corrected chi connectivity index (χ0v) is 13.1. The van der Waals surface area contributed by atoms with Crippen molar-refractivity contribution in [3.05, 3.63) is 74.9 Å². The SMILES string of the molecule is O=C1OC(c2ccccc2Br)=NC1=Cc1cccc(Cl)c1. The molecule has 2 aromatic rings. The molecule has 21 heavy (non-hydrogen) atoms. The van der Waals surface area contributed by atoms with E-state index in [1.165, 1.54) is 0 Å². The molecule has 2 aromatic carbocycles. The lowest BCUT2D eigenvalue weighted by atomic mass is 10.2. The summed E-state index contributed by atoms with van der Waals surface area (Å²) < 4.78 is 6.04. The van der Waals surface area contributed by atoms with Crippen molar-refractivity contribution in [2.24, 2.45) is 4.99 Å². The molecule has 5 heteroatoms. The summed E-state index contributed by atoms with van der Waals surface area (Å²) in [6.07, 6.45) is 1.65. The number of carbonyl (C=O) groups excluding carboxylic acids is 1. The minimum atomic E-state index is -0.472. The monoisotopic (exact) mass is 361 g/mol. The second-order valence-corrected chi connectivity index (χ2v) is 5.66. The Morgan fingerprint density at radius 3 is 2.71 bits per heavy atom. The fraction of sp³-hybridized carbons (Fsp3) is 0. The summed E-state index contributed by atoms with van der Waals surface area (Å²) in [7, 11) is 0. The molecule has 0 saturated carbocycles. The Labute approximate surface area is 135 Å². The summed E-state index contributed by atoms with van der Waals surface area (Å²) in [6, 6.07) is 14.6. The van der Waals surface area contributed by atoms with Gasteiger partial charge in [-0.05, 0) is 51.8 Å². The second-order valence-electron chi connectivity index (χ2n) is 4.37. The molecule has 0 bridgehead atoms. The van der Waals surface area contributed by atoms with Crippen molar-refractivity contribution in [1.29, 1.82) is 0 Å². The molecule has 0 N–H and O–H groups in total. The normalized spacial score (nSPS) is 16.0. The third-order valence-corrected chi connectivity index (χ3v) is 3.80. The van der Waals surface area contributed by atoms with Crippen molar-refractivity contribution >= 4 is 45.5 Å². The van der Waals surface area contributed by atoms with E-state index in [2.05, 4.69) is 20.9 Å². The van der Waals surface area contributed by atoms with Crippen molar-refractivity contribution in [2.45, 2.75) is 0 Å². The molecule has 0 aliphatic carbocycles. The number of carbonyl (C=O) groups is 1. The number of ether oxygens (including phenoxy) is 1. The third-order valence-electron chi connectivity index (χ3n) is 2.88. The van der Waals surface area contributed by atoms with Gasteiger partial charge >= 0.3 is 5.97 Å². The van der Waals surface area contributed by atoms with Gasteiger partial charge in [0.25, 0.3) is 0 Å². The average molecular weight is 363 g/mol. The first kappa shape index (κ1) is 14.0. The lowest BCUT2D eigenvalue weighted by Gasteiger charge is -2.01. The molecule has 0 saturated heterocycles. The van der Waals surface area contributed by atoms with E-state index < -0.39 is 5.97 Å². The summed E-state index contributed by atoms with van der Waals surface area (Å²) >= 11 is 9.34. The number of halogens is 2. The van der Waals surface area contributed by atoms with Crippen molar-refractivity contribution in [2.75, 3.05) is 0 Å². The summed E-state index contributed by atoms with van der Waals surface area (Å²) in [5.74, 6) is -0.179. The summed E-state index contributed by atoms with van der Waals surface area (Å²) in [5, 5.41) is 0.603. The van der Waals surface area contributed by atoms with Crippen LogP contribution in [0, 0.1) is 0 Å². The maximum atomic E-state index is 11.9.